The minimum Gasteiger partial charge on any atom is -0.388 e. The Kier molecular flexibility index (Phi) is 8.05. The third-order valence-corrected chi connectivity index (χ3v) is 9.16. The number of nitrogen functional groups attached to an aromatic ring is 1. The van der Waals surface area contributed by atoms with Gasteiger partial charge in [0, 0.05) is 6.42 Å². The molecule has 13 heteroatoms. The van der Waals surface area contributed by atoms with Gasteiger partial charge >= 0.3 is 7.60 Å². The first-order chi connectivity index (χ1) is 15.5. The zero-order valence-electron chi connectivity index (χ0n) is 19.3. The van der Waals surface area contributed by atoms with Crippen LogP contribution < -0.4 is 5.73 Å². The van der Waals surface area contributed by atoms with E-state index in [1.54, 1.807) is 0 Å². The van der Waals surface area contributed by atoms with Crippen LogP contribution in [0.4, 0.5) is 5.95 Å². The molecule has 0 bridgehead atoms. The van der Waals surface area contributed by atoms with Crippen LogP contribution in [0.25, 0.3) is 11.2 Å². The second-order valence-corrected chi connectivity index (χ2v) is 10.9. The largest absolute Gasteiger partial charge is 0.388 e. The molecule has 33 heavy (non-hydrogen) atoms. The minimum atomic E-state index is -3.92. The summed E-state index contributed by atoms with van der Waals surface area (Å²) in [5.41, 5.74) is 4.75. The highest BCUT2D eigenvalue weighted by Gasteiger charge is 2.49. The van der Waals surface area contributed by atoms with Gasteiger partial charge < -0.3 is 30.1 Å². The van der Waals surface area contributed by atoms with E-state index in [1.807, 2.05) is 27.7 Å². The third kappa shape index (κ3) is 5.05. The normalized spacial score (nSPS) is 25.7. The van der Waals surface area contributed by atoms with Crippen molar-refractivity contribution in [1.82, 2.24) is 19.5 Å². The summed E-state index contributed by atoms with van der Waals surface area (Å²) in [7, 11) is -3.92. The molecule has 0 aliphatic carbocycles. The first-order valence-corrected chi connectivity index (χ1v) is 13.2. The van der Waals surface area contributed by atoms with Gasteiger partial charge in [0.2, 0.25) is 5.95 Å². The number of aliphatic hydroxyl groups excluding tert-OH is 2. The topological polar surface area (TPSA) is 166 Å². The molecule has 1 fully saturated rings. The van der Waals surface area contributed by atoms with E-state index in [2.05, 4.69) is 15.0 Å². The monoisotopic (exact) mass is 505 g/mol. The number of anilines is 1. The molecule has 3 unspecified atom stereocenters. The standard InChI is InChI=1S/C20H33ClN5O6P/c1-5-11(6-2)33(29,30)32-20(7-3,8-4)9-12-14(27)15(28)18(31-12)26-10-23-13-16(21)24-19(22)25-17(13)26/h10-12,14-15,18,27-28H,5-9H2,1-4H3,(H,29,30)(H2,22,24,25)/t12?,14-,15-,18?/m1/s1. The first kappa shape index (κ1) is 26.3. The van der Waals surface area contributed by atoms with E-state index in [9.17, 15) is 19.7 Å². The van der Waals surface area contributed by atoms with E-state index in [1.165, 1.54) is 10.9 Å². The number of hydrogen-bond acceptors (Lipinski definition) is 9. The summed E-state index contributed by atoms with van der Waals surface area (Å²) >= 11 is 6.09. The Morgan fingerprint density at radius 1 is 1.24 bits per heavy atom. The van der Waals surface area contributed by atoms with Crippen LogP contribution in [0.3, 0.4) is 0 Å². The Balaban J connectivity index is 1.87. The van der Waals surface area contributed by atoms with Gasteiger partial charge in [-0.2, -0.15) is 9.97 Å². The molecule has 0 radical (unpaired) electrons. The van der Waals surface area contributed by atoms with Crippen molar-refractivity contribution in [2.24, 2.45) is 0 Å². The molecule has 1 saturated heterocycles. The van der Waals surface area contributed by atoms with Crippen molar-refractivity contribution in [1.29, 1.82) is 0 Å². The Morgan fingerprint density at radius 3 is 2.45 bits per heavy atom. The van der Waals surface area contributed by atoms with Gasteiger partial charge in [0.05, 0.1) is 23.7 Å². The maximum absolute atomic E-state index is 13.0. The fourth-order valence-corrected chi connectivity index (χ4v) is 6.57. The number of ether oxygens (including phenoxy) is 1. The molecule has 1 aliphatic rings. The number of aromatic nitrogens is 4. The molecule has 5 N–H and O–H groups in total. The minimum absolute atomic E-state index is 0.0605. The van der Waals surface area contributed by atoms with Gasteiger partial charge in [0.15, 0.2) is 17.0 Å². The van der Waals surface area contributed by atoms with Gasteiger partial charge in [-0.25, -0.2) is 4.98 Å². The number of rotatable bonds is 10. The highest BCUT2D eigenvalue weighted by molar-refractivity contribution is 7.53. The van der Waals surface area contributed by atoms with Crippen LogP contribution in [-0.4, -0.2) is 64.2 Å². The predicted molar refractivity (Wildman–Crippen MR) is 124 cm³/mol. The summed E-state index contributed by atoms with van der Waals surface area (Å²) in [6.45, 7) is 7.42. The van der Waals surface area contributed by atoms with Gasteiger partial charge in [-0.3, -0.25) is 9.13 Å². The van der Waals surface area contributed by atoms with Crippen molar-refractivity contribution in [2.45, 2.75) is 95.6 Å². The zero-order chi connectivity index (χ0) is 24.6. The Morgan fingerprint density at radius 2 is 1.88 bits per heavy atom. The van der Waals surface area contributed by atoms with E-state index in [0.717, 1.165) is 0 Å². The molecule has 0 amide bonds. The molecule has 3 rings (SSSR count). The maximum atomic E-state index is 13.0. The molecule has 2 aromatic heterocycles. The molecular formula is C20H33ClN5O6P. The molecule has 2 aromatic rings. The Labute approximate surface area is 197 Å². The van der Waals surface area contributed by atoms with Crippen molar-refractivity contribution in [3.63, 3.8) is 0 Å². The first-order valence-electron chi connectivity index (χ1n) is 11.2. The predicted octanol–water partition coefficient (Wildman–Crippen LogP) is 3.02. The van der Waals surface area contributed by atoms with Crippen LogP contribution in [0, 0.1) is 0 Å². The molecule has 3 heterocycles. The highest BCUT2D eigenvalue weighted by atomic mass is 35.5. The summed E-state index contributed by atoms with van der Waals surface area (Å²) in [5, 5.41) is 21.6. The Hall–Kier alpha value is -1.33. The van der Waals surface area contributed by atoms with Crippen LogP contribution in [-0.2, 0) is 13.8 Å². The number of fused-ring (bicyclic) bond motifs is 1. The van der Waals surface area contributed by atoms with Crippen LogP contribution in [0.1, 0.15) is 66.0 Å². The Bertz CT molecular complexity index is 1010. The summed E-state index contributed by atoms with van der Waals surface area (Å²) in [6.07, 6.45) is -1.09. The van der Waals surface area contributed by atoms with E-state index in [4.69, 9.17) is 26.6 Å². The van der Waals surface area contributed by atoms with Crippen molar-refractivity contribution >= 4 is 36.3 Å². The number of imidazole rings is 1. The molecule has 0 saturated carbocycles. The average Bonchev–Trinajstić information content (AvgIpc) is 3.30. The number of hydrogen-bond donors (Lipinski definition) is 4. The van der Waals surface area contributed by atoms with E-state index in [0.29, 0.717) is 25.7 Å². The van der Waals surface area contributed by atoms with Crippen molar-refractivity contribution in [3.8, 4) is 0 Å². The molecule has 1 aliphatic heterocycles. The molecule has 11 nitrogen and oxygen atoms in total. The van der Waals surface area contributed by atoms with E-state index < -0.39 is 43.4 Å². The summed E-state index contributed by atoms with van der Waals surface area (Å²) < 4.78 is 26.4. The van der Waals surface area contributed by atoms with E-state index >= 15 is 0 Å². The van der Waals surface area contributed by atoms with Crippen LogP contribution in [0.5, 0.6) is 0 Å². The van der Waals surface area contributed by atoms with Gasteiger partial charge in [0.1, 0.15) is 17.7 Å². The maximum Gasteiger partial charge on any atom is 0.331 e. The lowest BCUT2D eigenvalue weighted by Gasteiger charge is -2.37. The zero-order valence-corrected chi connectivity index (χ0v) is 20.9. The lowest BCUT2D eigenvalue weighted by atomic mass is 9.88. The van der Waals surface area contributed by atoms with Gasteiger partial charge in [-0.15, -0.1) is 0 Å². The number of halogens is 1. The lowest BCUT2D eigenvalue weighted by molar-refractivity contribution is -0.0714. The van der Waals surface area contributed by atoms with Crippen molar-refractivity contribution < 1.29 is 28.9 Å². The second kappa shape index (κ2) is 10.1. The number of aliphatic hydroxyl groups is 2. The number of nitrogens with two attached hydrogens (primary N) is 1. The van der Waals surface area contributed by atoms with Crippen LogP contribution in [0.2, 0.25) is 5.15 Å². The summed E-state index contributed by atoms with van der Waals surface area (Å²) in [4.78, 5) is 22.8. The summed E-state index contributed by atoms with van der Waals surface area (Å²) in [6, 6.07) is 0. The fourth-order valence-electron chi connectivity index (χ4n) is 4.39. The van der Waals surface area contributed by atoms with Crippen molar-refractivity contribution in [3.05, 3.63) is 11.5 Å². The third-order valence-electron chi connectivity index (χ3n) is 6.60. The smallest absolute Gasteiger partial charge is 0.331 e. The average molecular weight is 506 g/mol. The molecule has 0 spiro atoms. The summed E-state index contributed by atoms with van der Waals surface area (Å²) in [5.74, 6) is -0.0664. The van der Waals surface area contributed by atoms with Crippen molar-refractivity contribution in [2.75, 3.05) is 5.73 Å². The van der Waals surface area contributed by atoms with Crippen LogP contribution >= 0.6 is 19.2 Å². The lowest BCUT2D eigenvalue weighted by Crippen LogP contribution is -2.40. The van der Waals surface area contributed by atoms with E-state index in [-0.39, 0.29) is 28.7 Å². The SMILES string of the molecule is CCC(CC)P(=O)(O)OC(CC)(CC)CC1OC(n2cnc3c(Cl)nc(N)nc32)[C@H](O)[C@@H]1O. The molecular weight excluding hydrogens is 473 g/mol. The second-order valence-electron chi connectivity index (χ2n) is 8.46. The molecule has 186 valence electrons. The quantitative estimate of drug-likeness (QED) is 0.278. The van der Waals surface area contributed by atoms with Gasteiger partial charge in [0.25, 0.3) is 0 Å². The number of nitrogens with zero attached hydrogens (tertiary/aromatic N) is 4. The van der Waals surface area contributed by atoms with Crippen LogP contribution in [0.15, 0.2) is 6.33 Å². The molecule has 5 atom stereocenters. The van der Waals surface area contributed by atoms with Gasteiger partial charge in [-0.05, 0) is 25.7 Å². The highest BCUT2D eigenvalue weighted by Crippen LogP contribution is 2.56. The molecule has 0 aromatic carbocycles. The van der Waals surface area contributed by atoms with Gasteiger partial charge in [-0.1, -0.05) is 39.3 Å². The fraction of sp³-hybridized carbons (Fsp3) is 0.750.